The van der Waals surface area contributed by atoms with Gasteiger partial charge < -0.3 is 47.9 Å². The molecule has 0 spiro atoms. The van der Waals surface area contributed by atoms with Gasteiger partial charge in [0.15, 0.2) is 0 Å². The quantitative estimate of drug-likeness (QED) is 0.0705. The molecule has 1 saturated heterocycles. The number of nitrogens with one attached hydrogen (secondary N) is 2. The molecule has 0 bridgehead atoms. The number of imide groups is 3. The number of carbonyl (C=O) groups excluding carboxylic acids is 7. The van der Waals surface area contributed by atoms with Crippen molar-refractivity contribution >= 4 is 47.0 Å². The topological polar surface area (TPSA) is 233 Å². The van der Waals surface area contributed by atoms with Crippen molar-refractivity contribution in [3.05, 3.63) is 41.5 Å². The molecule has 1 fully saturated rings. The van der Waals surface area contributed by atoms with E-state index in [1.165, 1.54) is 18.2 Å². The van der Waals surface area contributed by atoms with Crippen LogP contribution in [0.3, 0.4) is 0 Å². The first-order valence-electron chi connectivity index (χ1n) is 20.7. The van der Waals surface area contributed by atoms with Crippen molar-refractivity contribution < 1.29 is 76.2 Å². The van der Waals surface area contributed by atoms with Crippen molar-refractivity contribution in [1.29, 1.82) is 0 Å². The Morgan fingerprint density at radius 2 is 1.07 bits per heavy atom. The van der Waals surface area contributed by atoms with Gasteiger partial charge in [0.05, 0.1) is 136 Å². The molecule has 3 aliphatic rings. The third-order valence-electron chi connectivity index (χ3n) is 9.27. The zero-order chi connectivity index (χ0) is 43.5. The zero-order valence-electron chi connectivity index (χ0n) is 34.6. The van der Waals surface area contributed by atoms with Gasteiger partial charge in [0.25, 0.3) is 23.6 Å². The second-order valence-electron chi connectivity index (χ2n) is 13.7. The molecule has 3 heterocycles. The fraction of sp³-hybridized carbons (Fsp3) is 0.634. The molecule has 3 aliphatic heterocycles. The highest BCUT2D eigenvalue weighted by Gasteiger charge is 2.45. The van der Waals surface area contributed by atoms with Gasteiger partial charge in [0, 0.05) is 31.6 Å². The number of amides is 7. The summed E-state index contributed by atoms with van der Waals surface area (Å²) in [5, 5.41) is 4.90. The summed E-state index contributed by atoms with van der Waals surface area (Å²) in [4.78, 5) is 87.5. The fourth-order valence-corrected chi connectivity index (χ4v) is 6.17. The lowest BCUT2D eigenvalue weighted by Gasteiger charge is -2.27. The lowest BCUT2D eigenvalue weighted by atomic mass is 10.0. The SMILES string of the molecule is O=C1CCC(N2C(=O)c3cccc(NC(=O)CCCCCOCCOCCOCCOCCOCCOCCOCCOCCOCCN4C(=O)C=CC4=O)c3C2=O)C(=O)N1. The van der Waals surface area contributed by atoms with Gasteiger partial charge in [-0.25, -0.2) is 0 Å². The number of piperidine rings is 1. The van der Waals surface area contributed by atoms with E-state index in [9.17, 15) is 33.6 Å². The Hall–Kier alpha value is -4.51. The third kappa shape index (κ3) is 17.8. The first kappa shape index (κ1) is 49.1. The van der Waals surface area contributed by atoms with Crippen LogP contribution in [0.5, 0.6) is 0 Å². The van der Waals surface area contributed by atoms with E-state index < -0.39 is 29.7 Å². The second-order valence-corrected chi connectivity index (χ2v) is 13.7. The Kier molecular flexibility index (Phi) is 23.3. The number of ether oxygens (including phenoxy) is 9. The number of hydrogen-bond donors (Lipinski definition) is 2. The number of hydrogen-bond acceptors (Lipinski definition) is 16. The Morgan fingerprint density at radius 1 is 0.590 bits per heavy atom. The number of benzene rings is 1. The van der Waals surface area contributed by atoms with Crippen LogP contribution < -0.4 is 10.6 Å². The number of nitrogens with zero attached hydrogens (tertiary/aromatic N) is 2. The van der Waals surface area contributed by atoms with Crippen molar-refractivity contribution in [2.45, 2.75) is 44.6 Å². The predicted molar refractivity (Wildman–Crippen MR) is 213 cm³/mol. The van der Waals surface area contributed by atoms with Crippen LogP contribution >= 0.6 is 0 Å². The van der Waals surface area contributed by atoms with Gasteiger partial charge in [-0.15, -0.1) is 0 Å². The predicted octanol–water partition coefficient (Wildman–Crippen LogP) is 0.661. The molecule has 1 aromatic carbocycles. The molecule has 1 aromatic rings. The highest BCUT2D eigenvalue weighted by Crippen LogP contribution is 2.32. The maximum atomic E-state index is 13.2. The van der Waals surface area contributed by atoms with E-state index in [-0.39, 0.29) is 66.9 Å². The lowest BCUT2D eigenvalue weighted by molar-refractivity contribution is -0.138. The Bertz CT molecular complexity index is 1610. The average Bonchev–Trinajstić information content (AvgIpc) is 3.70. The normalized spacial score (nSPS) is 16.3. The number of fused-ring (bicyclic) bond motifs is 1. The maximum Gasteiger partial charge on any atom is 0.264 e. The third-order valence-corrected chi connectivity index (χ3v) is 9.27. The average molecular weight is 863 g/mol. The number of rotatable bonds is 35. The molecule has 0 aromatic heterocycles. The van der Waals surface area contributed by atoms with Crippen molar-refractivity contribution in [3.63, 3.8) is 0 Å². The Labute approximate surface area is 354 Å². The van der Waals surface area contributed by atoms with Crippen molar-refractivity contribution in [3.8, 4) is 0 Å². The van der Waals surface area contributed by atoms with Crippen LogP contribution in [-0.2, 0) is 66.6 Å². The minimum Gasteiger partial charge on any atom is -0.379 e. The molecule has 1 atom stereocenters. The zero-order valence-corrected chi connectivity index (χ0v) is 34.6. The van der Waals surface area contributed by atoms with Crippen LogP contribution in [0.4, 0.5) is 5.69 Å². The summed E-state index contributed by atoms with van der Waals surface area (Å²) < 4.78 is 49.3. The summed E-state index contributed by atoms with van der Waals surface area (Å²) in [6.45, 7) is 7.92. The Balaban J connectivity index is 0.831. The van der Waals surface area contributed by atoms with Gasteiger partial charge in [-0.3, -0.25) is 48.7 Å². The van der Waals surface area contributed by atoms with Gasteiger partial charge in [0.2, 0.25) is 17.7 Å². The molecular formula is C41H58N4O16. The highest BCUT2D eigenvalue weighted by molar-refractivity contribution is 6.26. The van der Waals surface area contributed by atoms with Gasteiger partial charge in [-0.05, 0) is 31.4 Å². The number of unbranched alkanes of at least 4 members (excludes halogenated alkanes) is 2. The number of carbonyl (C=O) groups is 7. The summed E-state index contributed by atoms with van der Waals surface area (Å²) >= 11 is 0. The molecule has 61 heavy (non-hydrogen) atoms. The molecule has 0 aliphatic carbocycles. The van der Waals surface area contributed by atoms with E-state index in [2.05, 4.69) is 10.6 Å². The Morgan fingerprint density at radius 3 is 1.56 bits per heavy atom. The molecule has 1 unspecified atom stereocenters. The summed E-state index contributed by atoms with van der Waals surface area (Å²) in [6.07, 6.45) is 4.90. The molecule has 20 heteroatoms. The van der Waals surface area contributed by atoms with Gasteiger partial charge >= 0.3 is 0 Å². The summed E-state index contributed by atoms with van der Waals surface area (Å²) in [7, 11) is 0. The molecule has 2 N–H and O–H groups in total. The van der Waals surface area contributed by atoms with Gasteiger partial charge in [-0.2, -0.15) is 0 Å². The van der Waals surface area contributed by atoms with Crippen molar-refractivity contribution in [1.82, 2.24) is 15.1 Å². The van der Waals surface area contributed by atoms with Crippen LogP contribution in [0, 0.1) is 0 Å². The first-order chi connectivity index (χ1) is 29.8. The minimum atomic E-state index is -1.08. The van der Waals surface area contributed by atoms with Gasteiger partial charge in [-0.1, -0.05) is 12.5 Å². The first-order valence-corrected chi connectivity index (χ1v) is 20.7. The largest absolute Gasteiger partial charge is 0.379 e. The molecule has 338 valence electrons. The lowest BCUT2D eigenvalue weighted by Crippen LogP contribution is -2.54. The monoisotopic (exact) mass is 862 g/mol. The van der Waals surface area contributed by atoms with E-state index in [1.54, 1.807) is 12.1 Å². The van der Waals surface area contributed by atoms with Crippen LogP contribution in [0.25, 0.3) is 0 Å². The smallest absolute Gasteiger partial charge is 0.264 e. The van der Waals surface area contributed by atoms with Crippen molar-refractivity contribution in [2.24, 2.45) is 0 Å². The molecule has 4 rings (SSSR count). The maximum absolute atomic E-state index is 13.2. The number of anilines is 1. The van der Waals surface area contributed by atoms with Crippen molar-refractivity contribution in [2.75, 3.05) is 131 Å². The van der Waals surface area contributed by atoms with Crippen LogP contribution in [0.2, 0.25) is 0 Å². The van der Waals surface area contributed by atoms with Gasteiger partial charge in [0.1, 0.15) is 6.04 Å². The standard InChI is InChI=1S/C41H58N4O16/c46-34(42-32-6-4-5-31-38(32)41(52)45(40(31)51)33-8-9-35(47)43-39(33)50)7-2-1-3-13-53-15-17-55-19-21-57-23-25-59-27-29-61-30-28-60-26-24-58-22-20-56-18-16-54-14-12-44-36(48)10-11-37(44)49/h4-6,10-11,33H,1-3,7-9,12-30H2,(H,42,46)(H,43,47,50). The van der Waals surface area contributed by atoms with E-state index in [1.807, 2.05) is 0 Å². The van der Waals surface area contributed by atoms with Crippen LogP contribution in [0.15, 0.2) is 30.4 Å². The highest BCUT2D eigenvalue weighted by atomic mass is 16.6. The minimum absolute atomic E-state index is 0.0235. The molecule has 20 nitrogen and oxygen atoms in total. The fourth-order valence-electron chi connectivity index (χ4n) is 6.17. The molecule has 7 amide bonds. The molecule has 0 radical (unpaired) electrons. The van der Waals surface area contributed by atoms with Crippen LogP contribution in [-0.4, -0.2) is 183 Å². The molecule has 0 saturated carbocycles. The molecular weight excluding hydrogens is 804 g/mol. The van der Waals surface area contributed by atoms with E-state index in [0.717, 1.165) is 22.6 Å². The van der Waals surface area contributed by atoms with Crippen LogP contribution in [0.1, 0.15) is 59.2 Å². The summed E-state index contributed by atoms with van der Waals surface area (Å²) in [6, 6.07) is 3.51. The van der Waals surface area contributed by atoms with E-state index in [0.29, 0.717) is 119 Å². The summed E-state index contributed by atoms with van der Waals surface area (Å²) in [5.74, 6) is -3.38. The van der Waals surface area contributed by atoms with E-state index >= 15 is 0 Å². The second kappa shape index (κ2) is 28.9. The summed E-state index contributed by atoms with van der Waals surface area (Å²) in [5.41, 5.74) is 0.365. The van der Waals surface area contributed by atoms with E-state index in [4.69, 9.17) is 42.6 Å².